The standard InChI is InChI=1S/C13H19NO2S/c1-16-13(15)5-3-2-4-10-17-12-8-6-11(14)7-9-12/h6-9H,2-5,10,14H2,1H3. The van der Waals surface area contributed by atoms with Gasteiger partial charge in [0.05, 0.1) is 7.11 Å². The van der Waals surface area contributed by atoms with E-state index in [0.717, 1.165) is 30.7 Å². The highest BCUT2D eigenvalue weighted by Gasteiger charge is 1.99. The molecule has 4 heteroatoms. The van der Waals surface area contributed by atoms with Crippen LogP contribution in [-0.2, 0) is 9.53 Å². The van der Waals surface area contributed by atoms with Crippen LogP contribution >= 0.6 is 11.8 Å². The summed E-state index contributed by atoms with van der Waals surface area (Å²) in [6.07, 6.45) is 3.63. The van der Waals surface area contributed by atoms with E-state index in [4.69, 9.17) is 5.73 Å². The molecule has 1 rings (SSSR count). The molecule has 0 atom stereocenters. The van der Waals surface area contributed by atoms with Crippen LogP contribution in [0.15, 0.2) is 29.2 Å². The van der Waals surface area contributed by atoms with E-state index in [2.05, 4.69) is 4.74 Å². The molecule has 0 unspecified atom stereocenters. The van der Waals surface area contributed by atoms with Crippen molar-refractivity contribution in [1.29, 1.82) is 0 Å². The number of methoxy groups -OCH3 is 1. The Bertz CT molecular complexity index is 338. The summed E-state index contributed by atoms with van der Waals surface area (Å²) in [5.41, 5.74) is 6.41. The number of rotatable bonds is 7. The molecule has 94 valence electrons. The van der Waals surface area contributed by atoms with Crippen molar-refractivity contribution >= 4 is 23.4 Å². The number of nitrogens with two attached hydrogens (primary N) is 1. The molecule has 0 spiro atoms. The molecule has 0 bridgehead atoms. The third-order valence-corrected chi connectivity index (χ3v) is 3.50. The Morgan fingerprint density at radius 2 is 1.94 bits per heavy atom. The number of esters is 1. The second-order valence-corrected chi connectivity index (χ2v) is 4.97. The van der Waals surface area contributed by atoms with Crippen LogP contribution in [0.4, 0.5) is 5.69 Å². The van der Waals surface area contributed by atoms with Crippen LogP contribution in [0.5, 0.6) is 0 Å². The first-order valence-electron chi connectivity index (χ1n) is 5.77. The van der Waals surface area contributed by atoms with E-state index < -0.39 is 0 Å². The van der Waals surface area contributed by atoms with Gasteiger partial charge in [-0.2, -0.15) is 0 Å². The van der Waals surface area contributed by atoms with Gasteiger partial charge in [0, 0.05) is 17.0 Å². The lowest BCUT2D eigenvalue weighted by atomic mass is 10.2. The molecule has 3 nitrogen and oxygen atoms in total. The Hall–Kier alpha value is -1.16. The zero-order valence-electron chi connectivity index (χ0n) is 10.1. The van der Waals surface area contributed by atoms with Crippen LogP contribution in [0.3, 0.4) is 0 Å². The highest BCUT2D eigenvalue weighted by Crippen LogP contribution is 2.20. The summed E-state index contributed by atoms with van der Waals surface area (Å²) in [6.45, 7) is 0. The molecule has 2 N–H and O–H groups in total. The van der Waals surface area contributed by atoms with Gasteiger partial charge < -0.3 is 10.5 Å². The van der Waals surface area contributed by atoms with Crippen molar-refractivity contribution in [3.05, 3.63) is 24.3 Å². The number of hydrogen-bond donors (Lipinski definition) is 1. The summed E-state index contributed by atoms with van der Waals surface area (Å²) in [5, 5.41) is 0. The minimum absolute atomic E-state index is 0.115. The number of carbonyl (C=O) groups is 1. The van der Waals surface area contributed by atoms with Crippen LogP contribution in [0.25, 0.3) is 0 Å². The SMILES string of the molecule is COC(=O)CCCCCSc1ccc(N)cc1. The summed E-state index contributed by atoms with van der Waals surface area (Å²) < 4.78 is 4.58. The molecular weight excluding hydrogens is 234 g/mol. The third kappa shape index (κ3) is 6.22. The second-order valence-electron chi connectivity index (χ2n) is 3.80. The van der Waals surface area contributed by atoms with Gasteiger partial charge in [-0.1, -0.05) is 6.42 Å². The topological polar surface area (TPSA) is 52.3 Å². The Morgan fingerprint density at radius 3 is 2.59 bits per heavy atom. The lowest BCUT2D eigenvalue weighted by molar-refractivity contribution is -0.140. The number of unbranched alkanes of at least 4 members (excludes halogenated alkanes) is 2. The average molecular weight is 253 g/mol. The Balaban J connectivity index is 2.04. The van der Waals surface area contributed by atoms with E-state index in [1.165, 1.54) is 12.0 Å². The highest BCUT2D eigenvalue weighted by atomic mass is 32.2. The molecule has 0 aliphatic rings. The lowest BCUT2D eigenvalue weighted by Crippen LogP contribution is -1.99. The van der Waals surface area contributed by atoms with Gasteiger partial charge in [-0.25, -0.2) is 0 Å². The van der Waals surface area contributed by atoms with Gasteiger partial charge in [0.2, 0.25) is 0 Å². The lowest BCUT2D eigenvalue weighted by Gasteiger charge is -2.02. The van der Waals surface area contributed by atoms with Gasteiger partial charge in [-0.15, -0.1) is 11.8 Å². The molecule has 0 aliphatic heterocycles. The summed E-state index contributed by atoms with van der Waals surface area (Å²) in [5.74, 6) is 0.960. The molecule has 0 radical (unpaired) electrons. The van der Waals surface area contributed by atoms with E-state index in [1.54, 1.807) is 0 Å². The first-order valence-corrected chi connectivity index (χ1v) is 6.76. The molecule has 17 heavy (non-hydrogen) atoms. The predicted octanol–water partition coefficient (Wildman–Crippen LogP) is 3.09. The fourth-order valence-electron chi connectivity index (χ4n) is 1.40. The minimum atomic E-state index is -0.115. The van der Waals surface area contributed by atoms with Crippen LogP contribution in [0, 0.1) is 0 Å². The van der Waals surface area contributed by atoms with Crippen molar-refractivity contribution in [3.8, 4) is 0 Å². The Labute approximate surface area is 107 Å². The monoisotopic (exact) mass is 253 g/mol. The molecule has 0 heterocycles. The fraction of sp³-hybridized carbons (Fsp3) is 0.462. The predicted molar refractivity (Wildman–Crippen MR) is 72.1 cm³/mol. The Morgan fingerprint density at radius 1 is 1.24 bits per heavy atom. The first-order chi connectivity index (χ1) is 8.22. The largest absolute Gasteiger partial charge is 0.469 e. The van der Waals surface area contributed by atoms with Gasteiger partial charge in [0.15, 0.2) is 0 Å². The summed E-state index contributed by atoms with van der Waals surface area (Å²) in [7, 11) is 1.43. The van der Waals surface area contributed by atoms with Crippen molar-refractivity contribution in [3.63, 3.8) is 0 Å². The summed E-state index contributed by atoms with van der Waals surface area (Å²) in [6, 6.07) is 7.90. The van der Waals surface area contributed by atoms with Crippen LogP contribution < -0.4 is 5.73 Å². The fourth-order valence-corrected chi connectivity index (χ4v) is 2.32. The van der Waals surface area contributed by atoms with E-state index in [0.29, 0.717) is 6.42 Å². The number of benzene rings is 1. The van der Waals surface area contributed by atoms with Gasteiger partial charge in [-0.3, -0.25) is 4.79 Å². The normalized spacial score (nSPS) is 10.2. The maximum atomic E-state index is 10.9. The number of hydrogen-bond acceptors (Lipinski definition) is 4. The van der Waals surface area contributed by atoms with Crippen LogP contribution in [-0.4, -0.2) is 18.8 Å². The maximum absolute atomic E-state index is 10.9. The van der Waals surface area contributed by atoms with Gasteiger partial charge in [0.25, 0.3) is 0 Å². The molecule has 0 aliphatic carbocycles. The van der Waals surface area contributed by atoms with Crippen LogP contribution in [0.1, 0.15) is 25.7 Å². The zero-order valence-corrected chi connectivity index (χ0v) is 11.0. The van der Waals surface area contributed by atoms with Crippen molar-refractivity contribution in [2.24, 2.45) is 0 Å². The molecule has 0 amide bonds. The molecule has 1 aromatic rings. The molecular formula is C13H19NO2S. The number of carbonyl (C=O) groups excluding carboxylic acids is 1. The maximum Gasteiger partial charge on any atom is 0.305 e. The summed E-state index contributed by atoms with van der Waals surface area (Å²) >= 11 is 1.82. The van der Waals surface area contributed by atoms with Crippen molar-refractivity contribution in [1.82, 2.24) is 0 Å². The quantitative estimate of drug-likeness (QED) is 0.351. The Kier molecular flexibility index (Phi) is 6.55. The smallest absolute Gasteiger partial charge is 0.305 e. The molecule has 0 fully saturated rings. The zero-order chi connectivity index (χ0) is 12.5. The second kappa shape index (κ2) is 8.01. The molecule has 1 aromatic carbocycles. The van der Waals surface area contributed by atoms with E-state index in [9.17, 15) is 4.79 Å². The van der Waals surface area contributed by atoms with Crippen molar-refractivity contribution in [2.45, 2.75) is 30.6 Å². The average Bonchev–Trinajstić information content (AvgIpc) is 2.35. The third-order valence-electron chi connectivity index (χ3n) is 2.40. The first kappa shape index (κ1) is 13.9. The van der Waals surface area contributed by atoms with Gasteiger partial charge in [-0.05, 0) is 42.9 Å². The molecule has 0 saturated heterocycles. The molecule has 0 saturated carbocycles. The van der Waals surface area contributed by atoms with Crippen molar-refractivity contribution < 1.29 is 9.53 Å². The number of thioether (sulfide) groups is 1. The molecule has 0 aromatic heterocycles. The number of nitrogen functional groups attached to an aromatic ring is 1. The van der Waals surface area contributed by atoms with E-state index in [-0.39, 0.29) is 5.97 Å². The highest BCUT2D eigenvalue weighted by molar-refractivity contribution is 7.99. The minimum Gasteiger partial charge on any atom is -0.469 e. The van der Waals surface area contributed by atoms with E-state index >= 15 is 0 Å². The van der Waals surface area contributed by atoms with Gasteiger partial charge >= 0.3 is 5.97 Å². The van der Waals surface area contributed by atoms with Crippen molar-refractivity contribution in [2.75, 3.05) is 18.6 Å². The van der Waals surface area contributed by atoms with Gasteiger partial charge in [0.1, 0.15) is 0 Å². The summed E-state index contributed by atoms with van der Waals surface area (Å²) in [4.78, 5) is 12.1. The number of ether oxygens (including phenoxy) is 1. The van der Waals surface area contributed by atoms with Crippen LogP contribution in [0.2, 0.25) is 0 Å². The van der Waals surface area contributed by atoms with E-state index in [1.807, 2.05) is 36.0 Å². The number of anilines is 1.